The highest BCUT2D eigenvalue weighted by atomic mass is 32.2. The number of esters is 1. The SMILES string of the molecule is CCn1c(=O)c(C(=O)COC(=O)c2cc(S(C)(=O)=O)ccc2C)c(N)n(Cc2ccccc2)c1=O. The lowest BCUT2D eigenvalue weighted by Gasteiger charge is -2.16. The summed E-state index contributed by atoms with van der Waals surface area (Å²) in [6.45, 7) is 2.38. The number of nitrogen functional groups attached to an aromatic ring is 1. The summed E-state index contributed by atoms with van der Waals surface area (Å²) in [7, 11) is -3.57. The van der Waals surface area contributed by atoms with Crippen molar-refractivity contribution in [3.63, 3.8) is 0 Å². The lowest BCUT2D eigenvalue weighted by molar-refractivity contribution is 0.0473. The van der Waals surface area contributed by atoms with Crippen LogP contribution in [0.5, 0.6) is 0 Å². The third-order valence-corrected chi connectivity index (χ3v) is 6.55. The van der Waals surface area contributed by atoms with Crippen LogP contribution in [0.4, 0.5) is 5.82 Å². The van der Waals surface area contributed by atoms with E-state index >= 15 is 0 Å². The average molecular weight is 500 g/mol. The molecule has 3 rings (SSSR count). The minimum absolute atomic E-state index is 0.00425. The van der Waals surface area contributed by atoms with Crippen LogP contribution in [0.2, 0.25) is 0 Å². The van der Waals surface area contributed by atoms with Crippen molar-refractivity contribution in [3.05, 3.63) is 91.6 Å². The second-order valence-electron chi connectivity index (χ2n) is 7.91. The van der Waals surface area contributed by atoms with E-state index in [1.165, 1.54) is 12.1 Å². The molecule has 0 atom stereocenters. The molecule has 0 saturated carbocycles. The number of rotatable bonds is 8. The predicted molar refractivity (Wildman–Crippen MR) is 129 cm³/mol. The van der Waals surface area contributed by atoms with Gasteiger partial charge in [0, 0.05) is 12.8 Å². The molecule has 0 aliphatic heterocycles. The highest BCUT2D eigenvalue weighted by molar-refractivity contribution is 7.90. The molecule has 0 amide bonds. The van der Waals surface area contributed by atoms with Crippen molar-refractivity contribution >= 4 is 27.4 Å². The van der Waals surface area contributed by atoms with Crippen LogP contribution in [0.3, 0.4) is 0 Å². The number of ketones is 1. The van der Waals surface area contributed by atoms with Crippen molar-refractivity contribution in [2.45, 2.75) is 31.8 Å². The molecule has 184 valence electrons. The molecule has 0 aliphatic rings. The molecule has 0 fully saturated rings. The lowest BCUT2D eigenvalue weighted by Crippen LogP contribution is -2.44. The molecule has 11 heteroatoms. The minimum Gasteiger partial charge on any atom is -0.454 e. The maximum atomic E-state index is 12.9. The zero-order valence-electron chi connectivity index (χ0n) is 19.5. The molecule has 0 aliphatic carbocycles. The summed E-state index contributed by atoms with van der Waals surface area (Å²) in [6.07, 6.45) is 1.00. The summed E-state index contributed by atoms with van der Waals surface area (Å²) in [5.41, 5.74) is 5.22. The van der Waals surface area contributed by atoms with Gasteiger partial charge in [-0.2, -0.15) is 0 Å². The van der Waals surface area contributed by atoms with Crippen LogP contribution < -0.4 is 17.0 Å². The molecule has 2 aromatic carbocycles. The Kier molecular flexibility index (Phi) is 7.39. The van der Waals surface area contributed by atoms with E-state index in [0.717, 1.165) is 27.0 Å². The van der Waals surface area contributed by atoms with E-state index in [1.807, 2.05) is 0 Å². The number of Topliss-reactive ketones (excluding diaryl/α,β-unsaturated/α-hetero) is 1. The number of hydrogen-bond donors (Lipinski definition) is 1. The molecule has 0 spiro atoms. The van der Waals surface area contributed by atoms with E-state index in [4.69, 9.17) is 10.5 Å². The number of anilines is 1. The summed E-state index contributed by atoms with van der Waals surface area (Å²) < 4.78 is 30.7. The Bertz CT molecular complexity index is 1520. The van der Waals surface area contributed by atoms with Gasteiger partial charge in [-0.05, 0) is 37.1 Å². The topological polar surface area (TPSA) is 148 Å². The van der Waals surface area contributed by atoms with E-state index in [-0.39, 0.29) is 29.4 Å². The van der Waals surface area contributed by atoms with Crippen molar-refractivity contribution in [2.75, 3.05) is 18.6 Å². The van der Waals surface area contributed by atoms with Crippen LogP contribution in [-0.2, 0) is 27.7 Å². The molecule has 0 unspecified atom stereocenters. The Morgan fingerprint density at radius 1 is 1.03 bits per heavy atom. The van der Waals surface area contributed by atoms with Gasteiger partial charge in [-0.25, -0.2) is 18.0 Å². The summed E-state index contributed by atoms with van der Waals surface area (Å²) in [5, 5.41) is 0. The van der Waals surface area contributed by atoms with E-state index in [2.05, 4.69) is 0 Å². The number of aryl methyl sites for hydroxylation is 1. The number of nitrogens with zero attached hydrogens (tertiary/aromatic N) is 2. The molecule has 1 aromatic heterocycles. The Labute approximate surface area is 201 Å². The van der Waals surface area contributed by atoms with Crippen molar-refractivity contribution in [2.24, 2.45) is 0 Å². The van der Waals surface area contributed by atoms with Gasteiger partial charge >= 0.3 is 11.7 Å². The van der Waals surface area contributed by atoms with Gasteiger partial charge in [0.2, 0.25) is 5.78 Å². The Morgan fingerprint density at radius 2 is 1.69 bits per heavy atom. The van der Waals surface area contributed by atoms with Gasteiger partial charge in [-0.1, -0.05) is 36.4 Å². The zero-order chi connectivity index (χ0) is 25.9. The van der Waals surface area contributed by atoms with Crippen LogP contribution in [0, 0.1) is 6.92 Å². The van der Waals surface area contributed by atoms with Gasteiger partial charge in [-0.15, -0.1) is 0 Å². The largest absolute Gasteiger partial charge is 0.454 e. The van der Waals surface area contributed by atoms with Crippen molar-refractivity contribution in [1.29, 1.82) is 0 Å². The van der Waals surface area contributed by atoms with Gasteiger partial charge in [0.15, 0.2) is 16.4 Å². The van der Waals surface area contributed by atoms with Crippen molar-refractivity contribution in [3.8, 4) is 0 Å². The van der Waals surface area contributed by atoms with Crippen LogP contribution >= 0.6 is 0 Å². The lowest BCUT2D eigenvalue weighted by atomic mass is 10.1. The van der Waals surface area contributed by atoms with E-state index in [1.54, 1.807) is 44.2 Å². The Balaban J connectivity index is 1.94. The van der Waals surface area contributed by atoms with Crippen molar-refractivity contribution < 1.29 is 22.7 Å². The number of carbonyl (C=O) groups is 2. The summed E-state index contributed by atoms with van der Waals surface area (Å²) in [4.78, 5) is 51.1. The number of aromatic nitrogens is 2. The number of hydrogen-bond acceptors (Lipinski definition) is 8. The van der Waals surface area contributed by atoms with Crippen molar-refractivity contribution in [1.82, 2.24) is 9.13 Å². The Hall–Kier alpha value is -3.99. The number of benzene rings is 2. The molecule has 3 aromatic rings. The predicted octanol–water partition coefficient (Wildman–Crippen LogP) is 1.41. The maximum Gasteiger partial charge on any atom is 0.338 e. The highest BCUT2D eigenvalue weighted by Gasteiger charge is 2.24. The first-order chi connectivity index (χ1) is 16.5. The third-order valence-electron chi connectivity index (χ3n) is 5.44. The fourth-order valence-electron chi connectivity index (χ4n) is 3.51. The second-order valence-corrected chi connectivity index (χ2v) is 9.93. The number of carbonyl (C=O) groups excluding carboxylic acids is 2. The first kappa shape index (κ1) is 25.6. The number of nitrogens with two attached hydrogens (primary N) is 1. The standard InChI is InChI=1S/C24H25N3O7S/c1-4-26-22(29)20(21(25)27(24(26)31)13-16-8-6-5-7-9-16)19(28)14-34-23(30)18-12-17(35(3,32)33)11-10-15(18)2/h5-12H,4,13-14,25H2,1-3H3. The molecule has 1 heterocycles. The van der Waals surface area contributed by atoms with Crippen LogP contribution in [0.15, 0.2) is 63.0 Å². The quantitative estimate of drug-likeness (QED) is 0.361. The van der Waals surface area contributed by atoms with E-state index in [0.29, 0.717) is 5.56 Å². The summed E-state index contributed by atoms with van der Waals surface area (Å²) in [5.74, 6) is -2.15. The zero-order valence-corrected chi connectivity index (χ0v) is 20.3. The molecule has 0 radical (unpaired) electrons. The molecular weight excluding hydrogens is 474 g/mol. The van der Waals surface area contributed by atoms with Gasteiger partial charge in [0.05, 0.1) is 17.0 Å². The van der Waals surface area contributed by atoms with Gasteiger partial charge in [-0.3, -0.25) is 18.7 Å². The first-order valence-electron chi connectivity index (χ1n) is 10.6. The molecule has 0 bridgehead atoms. The average Bonchev–Trinajstić information content (AvgIpc) is 2.81. The fraction of sp³-hybridized carbons (Fsp3) is 0.250. The smallest absolute Gasteiger partial charge is 0.338 e. The molecule has 10 nitrogen and oxygen atoms in total. The van der Waals surface area contributed by atoms with Gasteiger partial charge < -0.3 is 10.5 Å². The minimum atomic E-state index is -3.57. The van der Waals surface area contributed by atoms with Gasteiger partial charge in [0.1, 0.15) is 11.4 Å². The normalized spacial score (nSPS) is 11.3. The fourth-order valence-corrected chi connectivity index (χ4v) is 4.15. The molecule has 35 heavy (non-hydrogen) atoms. The third kappa shape index (κ3) is 5.40. The Morgan fingerprint density at radius 3 is 2.29 bits per heavy atom. The maximum absolute atomic E-state index is 12.9. The number of sulfone groups is 1. The van der Waals surface area contributed by atoms with Crippen LogP contribution in [-0.4, -0.2) is 42.2 Å². The first-order valence-corrected chi connectivity index (χ1v) is 12.5. The van der Waals surface area contributed by atoms with E-state index < -0.39 is 45.0 Å². The van der Waals surface area contributed by atoms with E-state index in [9.17, 15) is 27.6 Å². The van der Waals surface area contributed by atoms with Gasteiger partial charge in [0.25, 0.3) is 5.56 Å². The summed E-state index contributed by atoms with van der Waals surface area (Å²) >= 11 is 0. The van der Waals surface area contributed by atoms with Crippen LogP contribution in [0.25, 0.3) is 0 Å². The number of ether oxygens (including phenoxy) is 1. The van der Waals surface area contributed by atoms with Crippen LogP contribution in [0.1, 0.15) is 38.8 Å². The summed E-state index contributed by atoms with van der Waals surface area (Å²) in [6, 6.07) is 12.9. The monoisotopic (exact) mass is 499 g/mol. The molecule has 0 saturated heterocycles. The second kappa shape index (κ2) is 10.1. The molecular formula is C24H25N3O7S. The highest BCUT2D eigenvalue weighted by Crippen LogP contribution is 2.17. The molecule has 2 N–H and O–H groups in total.